The molecule has 3 rings (SSSR count). The van der Waals surface area contributed by atoms with E-state index in [2.05, 4.69) is 9.56 Å². The molecule has 0 radical (unpaired) electrons. The highest BCUT2D eigenvalue weighted by Crippen LogP contribution is 2.24. The zero-order valence-electron chi connectivity index (χ0n) is 13.0. The fraction of sp³-hybridized carbons (Fsp3) is 0.111. The monoisotopic (exact) mass is 340 g/mol. The molecule has 1 heterocycles. The molecule has 2 aromatic carbocycles. The molecule has 1 aromatic heterocycles. The Kier molecular flexibility index (Phi) is 4.48. The molecule has 3 aromatic rings. The van der Waals surface area contributed by atoms with Crippen molar-refractivity contribution in [3.8, 4) is 17.0 Å². The van der Waals surface area contributed by atoms with Crippen molar-refractivity contribution < 1.29 is 15.0 Å². The number of hydrogen-bond acceptors (Lipinski definition) is 4. The third kappa shape index (κ3) is 3.23. The molecule has 0 amide bonds. The molecular formula is C18H16N2O3S. The largest absolute Gasteiger partial charge is 0.508 e. The second kappa shape index (κ2) is 6.72. The number of carboxylic acid groups (broad SMARTS) is 1. The minimum atomic E-state index is -0.951. The first-order chi connectivity index (χ1) is 11.6. The predicted octanol–water partition coefficient (Wildman–Crippen LogP) is 3.87. The van der Waals surface area contributed by atoms with Gasteiger partial charge in [0.05, 0.1) is 16.9 Å². The van der Waals surface area contributed by atoms with E-state index < -0.39 is 5.97 Å². The predicted molar refractivity (Wildman–Crippen MR) is 93.7 cm³/mol. The third-order valence-electron chi connectivity index (χ3n) is 3.59. The molecule has 122 valence electrons. The van der Waals surface area contributed by atoms with Crippen LogP contribution in [0.1, 0.15) is 17.3 Å². The number of benzene rings is 2. The van der Waals surface area contributed by atoms with Crippen LogP contribution in [0, 0.1) is 0 Å². The maximum Gasteiger partial charge on any atom is 0.335 e. The van der Waals surface area contributed by atoms with Crippen LogP contribution in [0.4, 0.5) is 5.69 Å². The fourth-order valence-corrected chi connectivity index (χ4v) is 3.40. The van der Waals surface area contributed by atoms with Crippen molar-refractivity contribution in [3.63, 3.8) is 0 Å². The number of thiazole rings is 1. The lowest BCUT2D eigenvalue weighted by molar-refractivity contribution is 0.0697. The molecule has 0 fully saturated rings. The number of carboxylic acids is 1. The van der Waals surface area contributed by atoms with Gasteiger partial charge in [0.1, 0.15) is 5.75 Å². The molecule has 0 bridgehead atoms. The van der Waals surface area contributed by atoms with Crippen molar-refractivity contribution in [2.45, 2.75) is 13.5 Å². The average molecular weight is 340 g/mol. The minimum Gasteiger partial charge on any atom is -0.508 e. The highest BCUT2D eigenvalue weighted by molar-refractivity contribution is 7.07. The summed E-state index contributed by atoms with van der Waals surface area (Å²) in [6, 6.07) is 13.6. The second-order valence-corrected chi connectivity index (χ2v) is 6.00. The quantitative estimate of drug-likeness (QED) is 0.757. The summed E-state index contributed by atoms with van der Waals surface area (Å²) in [7, 11) is 0. The van der Waals surface area contributed by atoms with Crippen molar-refractivity contribution in [2.75, 3.05) is 0 Å². The maximum absolute atomic E-state index is 10.9. The number of phenolic OH excluding ortho intramolecular Hbond substituents is 1. The molecule has 0 aliphatic carbocycles. The van der Waals surface area contributed by atoms with Gasteiger partial charge in [-0.2, -0.15) is 0 Å². The van der Waals surface area contributed by atoms with Crippen LogP contribution in [-0.2, 0) is 6.54 Å². The van der Waals surface area contributed by atoms with Gasteiger partial charge < -0.3 is 14.8 Å². The third-order valence-corrected chi connectivity index (χ3v) is 4.46. The Hall–Kier alpha value is -2.86. The Morgan fingerprint density at radius 3 is 2.58 bits per heavy atom. The van der Waals surface area contributed by atoms with Gasteiger partial charge in [-0.25, -0.2) is 9.79 Å². The molecule has 0 aliphatic rings. The van der Waals surface area contributed by atoms with Gasteiger partial charge >= 0.3 is 5.97 Å². The van der Waals surface area contributed by atoms with Crippen LogP contribution in [0.25, 0.3) is 11.3 Å². The lowest BCUT2D eigenvalue weighted by Crippen LogP contribution is -2.14. The molecule has 6 heteroatoms. The van der Waals surface area contributed by atoms with Gasteiger partial charge in [0.15, 0.2) is 4.80 Å². The lowest BCUT2D eigenvalue weighted by atomic mass is 10.1. The van der Waals surface area contributed by atoms with Crippen LogP contribution in [-0.4, -0.2) is 20.7 Å². The summed E-state index contributed by atoms with van der Waals surface area (Å²) >= 11 is 1.51. The molecule has 24 heavy (non-hydrogen) atoms. The standard InChI is InChI=1S/C18H16N2O3S/c1-2-20-16(13-4-3-5-15(21)10-13)11-24-18(20)19-14-8-6-12(7-9-14)17(22)23/h3-11,21H,2H2,1H3,(H,22,23). The first kappa shape index (κ1) is 16.0. The summed E-state index contributed by atoms with van der Waals surface area (Å²) < 4.78 is 2.06. The van der Waals surface area contributed by atoms with Gasteiger partial charge in [0.25, 0.3) is 0 Å². The molecule has 0 spiro atoms. The molecule has 0 unspecified atom stereocenters. The van der Waals surface area contributed by atoms with E-state index in [1.165, 1.54) is 11.3 Å². The number of aromatic carboxylic acids is 1. The van der Waals surface area contributed by atoms with E-state index in [-0.39, 0.29) is 11.3 Å². The van der Waals surface area contributed by atoms with E-state index in [0.29, 0.717) is 5.69 Å². The number of aromatic nitrogens is 1. The average Bonchev–Trinajstić information content (AvgIpc) is 2.98. The number of rotatable bonds is 4. The SMILES string of the molecule is CCn1c(-c2cccc(O)c2)csc1=Nc1ccc(C(=O)O)cc1. The normalized spacial score (nSPS) is 11.6. The van der Waals surface area contributed by atoms with E-state index in [9.17, 15) is 9.90 Å². The summed E-state index contributed by atoms with van der Waals surface area (Å²) in [4.78, 5) is 16.3. The molecule has 0 saturated carbocycles. The number of hydrogen-bond donors (Lipinski definition) is 2. The highest BCUT2D eigenvalue weighted by Gasteiger charge is 2.08. The number of nitrogens with zero attached hydrogens (tertiary/aromatic N) is 2. The Labute approximate surface area is 142 Å². The van der Waals surface area contributed by atoms with Crippen LogP contribution in [0.2, 0.25) is 0 Å². The van der Waals surface area contributed by atoms with Crippen LogP contribution >= 0.6 is 11.3 Å². The Morgan fingerprint density at radius 1 is 1.21 bits per heavy atom. The molecule has 0 atom stereocenters. The molecule has 0 saturated heterocycles. The molecule has 5 nitrogen and oxygen atoms in total. The summed E-state index contributed by atoms with van der Waals surface area (Å²) in [5.74, 6) is -0.725. The van der Waals surface area contributed by atoms with Crippen LogP contribution in [0.15, 0.2) is 58.9 Å². The maximum atomic E-state index is 10.9. The second-order valence-electron chi connectivity index (χ2n) is 5.16. The summed E-state index contributed by atoms with van der Waals surface area (Å²) in [6.45, 7) is 2.77. The van der Waals surface area contributed by atoms with Crippen molar-refractivity contribution in [2.24, 2.45) is 4.99 Å². The van der Waals surface area contributed by atoms with Crippen molar-refractivity contribution in [1.29, 1.82) is 0 Å². The van der Waals surface area contributed by atoms with Gasteiger partial charge in [0, 0.05) is 17.5 Å². The fourth-order valence-electron chi connectivity index (χ4n) is 2.41. The van der Waals surface area contributed by atoms with E-state index in [4.69, 9.17) is 5.11 Å². The molecular weight excluding hydrogens is 324 g/mol. The minimum absolute atomic E-state index is 0.226. The number of carbonyl (C=O) groups is 1. The first-order valence-corrected chi connectivity index (χ1v) is 8.32. The van der Waals surface area contributed by atoms with Crippen molar-refractivity contribution in [1.82, 2.24) is 4.57 Å². The highest BCUT2D eigenvalue weighted by atomic mass is 32.1. The Morgan fingerprint density at radius 2 is 1.96 bits per heavy atom. The van der Waals surface area contributed by atoms with Crippen LogP contribution < -0.4 is 4.80 Å². The van der Waals surface area contributed by atoms with Gasteiger partial charge in [-0.1, -0.05) is 12.1 Å². The van der Waals surface area contributed by atoms with Crippen LogP contribution in [0.5, 0.6) is 5.75 Å². The van der Waals surface area contributed by atoms with Gasteiger partial charge in [0.2, 0.25) is 0 Å². The van der Waals surface area contributed by atoms with E-state index in [1.54, 1.807) is 36.4 Å². The smallest absolute Gasteiger partial charge is 0.335 e. The summed E-state index contributed by atoms with van der Waals surface area (Å²) in [5.41, 5.74) is 2.85. The van der Waals surface area contributed by atoms with Crippen LogP contribution in [0.3, 0.4) is 0 Å². The lowest BCUT2D eigenvalue weighted by Gasteiger charge is -2.06. The Balaban J connectivity index is 2.04. The van der Waals surface area contributed by atoms with E-state index >= 15 is 0 Å². The zero-order valence-corrected chi connectivity index (χ0v) is 13.8. The molecule has 0 aliphatic heterocycles. The van der Waals surface area contributed by atoms with E-state index in [1.807, 2.05) is 24.4 Å². The Bertz CT molecular complexity index is 939. The van der Waals surface area contributed by atoms with E-state index in [0.717, 1.165) is 22.6 Å². The summed E-state index contributed by atoms with van der Waals surface area (Å²) in [6.07, 6.45) is 0. The first-order valence-electron chi connectivity index (χ1n) is 7.44. The van der Waals surface area contributed by atoms with Gasteiger partial charge in [-0.3, -0.25) is 0 Å². The van der Waals surface area contributed by atoms with Gasteiger partial charge in [-0.15, -0.1) is 11.3 Å². The van der Waals surface area contributed by atoms with Crippen molar-refractivity contribution in [3.05, 3.63) is 64.3 Å². The number of aromatic hydroxyl groups is 1. The van der Waals surface area contributed by atoms with Crippen molar-refractivity contribution >= 4 is 23.0 Å². The topological polar surface area (TPSA) is 74.8 Å². The summed E-state index contributed by atoms with van der Waals surface area (Å²) in [5, 5.41) is 20.6. The van der Waals surface area contributed by atoms with Gasteiger partial charge in [-0.05, 0) is 43.3 Å². The number of phenols is 1. The zero-order chi connectivity index (χ0) is 17.1. The molecule has 2 N–H and O–H groups in total.